The highest BCUT2D eigenvalue weighted by Gasteiger charge is 2.34. The first kappa shape index (κ1) is 30.0. The summed E-state index contributed by atoms with van der Waals surface area (Å²) in [5.74, 6) is 1.29. The van der Waals surface area contributed by atoms with Crippen molar-refractivity contribution < 1.29 is 28.6 Å². The predicted molar refractivity (Wildman–Crippen MR) is 164 cm³/mol. The van der Waals surface area contributed by atoms with Crippen molar-refractivity contribution in [3.05, 3.63) is 58.6 Å². The summed E-state index contributed by atoms with van der Waals surface area (Å²) >= 11 is 1.57. The van der Waals surface area contributed by atoms with Gasteiger partial charge in [-0.1, -0.05) is 31.3 Å². The van der Waals surface area contributed by atoms with Crippen LogP contribution >= 0.6 is 11.3 Å². The fourth-order valence-electron chi connectivity index (χ4n) is 5.37. The highest BCUT2D eigenvalue weighted by Crippen LogP contribution is 2.32. The van der Waals surface area contributed by atoms with E-state index in [4.69, 9.17) is 14.2 Å². The van der Waals surface area contributed by atoms with Gasteiger partial charge in [-0.15, -0.1) is 10.2 Å². The van der Waals surface area contributed by atoms with Crippen molar-refractivity contribution in [2.24, 2.45) is 0 Å². The Labute approximate surface area is 260 Å². The molecule has 0 bridgehead atoms. The van der Waals surface area contributed by atoms with Crippen LogP contribution in [-0.2, 0) is 20.8 Å². The standard InChI is InChI=1S/C32H37N5O6S/c1-20(2)30-34-35-31(44-30)21-7-9-25(10-8-21)42-27-16-22(5-6-23(27)17-36-13-3-4-28(36)38)29(39)33-24-18-37(19-24)32(40)43-26-11-14-41-15-12-26/h5-10,16,20,24,26H,3-4,11-15,17-19H2,1-2H3,(H,33,39). The lowest BCUT2D eigenvalue weighted by Crippen LogP contribution is -2.61. The first-order valence-corrected chi connectivity index (χ1v) is 16.0. The molecular weight excluding hydrogens is 582 g/mol. The minimum absolute atomic E-state index is 0.115. The van der Waals surface area contributed by atoms with Crippen molar-refractivity contribution in [3.63, 3.8) is 0 Å². The van der Waals surface area contributed by atoms with Gasteiger partial charge in [0, 0.05) is 68.0 Å². The van der Waals surface area contributed by atoms with Crippen LogP contribution in [0.1, 0.15) is 66.4 Å². The van der Waals surface area contributed by atoms with E-state index in [1.54, 1.807) is 28.4 Å². The summed E-state index contributed by atoms with van der Waals surface area (Å²) in [7, 11) is 0. The number of carbonyl (C=O) groups excluding carboxylic acids is 3. The van der Waals surface area contributed by atoms with E-state index in [2.05, 4.69) is 29.4 Å². The minimum Gasteiger partial charge on any atom is -0.457 e. The maximum absolute atomic E-state index is 13.2. The van der Waals surface area contributed by atoms with Crippen LogP contribution in [0.2, 0.25) is 0 Å². The molecule has 0 spiro atoms. The van der Waals surface area contributed by atoms with Crippen LogP contribution < -0.4 is 10.1 Å². The van der Waals surface area contributed by atoms with Crippen molar-refractivity contribution >= 4 is 29.2 Å². The number of hydrogen-bond donors (Lipinski definition) is 1. The molecule has 0 aliphatic carbocycles. The maximum Gasteiger partial charge on any atom is 0.410 e. The summed E-state index contributed by atoms with van der Waals surface area (Å²) in [6.07, 6.45) is 2.33. The number of aromatic nitrogens is 2. The fourth-order valence-corrected chi connectivity index (χ4v) is 6.22. The van der Waals surface area contributed by atoms with Gasteiger partial charge in [-0.2, -0.15) is 0 Å². The number of amides is 3. The van der Waals surface area contributed by atoms with Crippen molar-refractivity contribution in [1.29, 1.82) is 0 Å². The van der Waals surface area contributed by atoms with Gasteiger partial charge >= 0.3 is 6.09 Å². The summed E-state index contributed by atoms with van der Waals surface area (Å²) in [6, 6.07) is 12.8. The molecule has 3 amide bonds. The summed E-state index contributed by atoms with van der Waals surface area (Å²) < 4.78 is 17.2. The molecule has 3 aliphatic heterocycles. The molecule has 0 unspecified atom stereocenters. The zero-order valence-corrected chi connectivity index (χ0v) is 25.8. The number of carbonyl (C=O) groups is 3. The second kappa shape index (κ2) is 13.3. The van der Waals surface area contributed by atoms with E-state index in [-0.39, 0.29) is 30.1 Å². The number of ether oxygens (including phenoxy) is 3. The number of nitrogens with one attached hydrogen (secondary N) is 1. The Hall–Kier alpha value is -4.03. The quantitative estimate of drug-likeness (QED) is 0.356. The Morgan fingerprint density at radius 2 is 1.86 bits per heavy atom. The third-order valence-electron chi connectivity index (χ3n) is 8.04. The van der Waals surface area contributed by atoms with Gasteiger partial charge in [-0.25, -0.2) is 4.79 Å². The number of rotatable bonds is 9. The SMILES string of the molecule is CC(C)c1nnc(-c2ccc(Oc3cc(C(=O)NC4CN(C(=O)OC5CCOCC5)C4)ccc3CN3CCCC3=O)cc2)s1. The van der Waals surface area contributed by atoms with E-state index in [1.165, 1.54) is 0 Å². The molecule has 3 aliphatic rings. The van der Waals surface area contributed by atoms with Gasteiger partial charge in [0.25, 0.3) is 5.91 Å². The van der Waals surface area contributed by atoms with E-state index >= 15 is 0 Å². The van der Waals surface area contributed by atoms with Crippen LogP contribution in [0.25, 0.3) is 10.6 Å². The Bertz CT molecular complexity index is 1500. The lowest BCUT2D eigenvalue weighted by Gasteiger charge is -2.39. The number of hydrogen-bond acceptors (Lipinski definition) is 9. The molecular formula is C32H37N5O6S. The molecule has 232 valence electrons. The summed E-state index contributed by atoms with van der Waals surface area (Å²) in [5, 5.41) is 13.4. The Morgan fingerprint density at radius 1 is 1.09 bits per heavy atom. The molecule has 11 nitrogen and oxygen atoms in total. The van der Waals surface area contributed by atoms with Gasteiger partial charge in [0.2, 0.25) is 5.91 Å². The fraction of sp³-hybridized carbons (Fsp3) is 0.469. The molecule has 3 saturated heterocycles. The van der Waals surface area contributed by atoms with Crippen molar-refractivity contribution in [1.82, 2.24) is 25.3 Å². The summed E-state index contributed by atoms with van der Waals surface area (Å²) in [4.78, 5) is 41.4. The average molecular weight is 620 g/mol. The topological polar surface area (TPSA) is 123 Å². The predicted octanol–water partition coefficient (Wildman–Crippen LogP) is 4.97. The van der Waals surface area contributed by atoms with E-state index in [1.807, 2.05) is 35.2 Å². The molecule has 12 heteroatoms. The lowest BCUT2D eigenvalue weighted by molar-refractivity contribution is -0.128. The van der Waals surface area contributed by atoms with E-state index in [0.29, 0.717) is 81.6 Å². The van der Waals surface area contributed by atoms with Gasteiger partial charge in [-0.3, -0.25) is 9.59 Å². The first-order valence-electron chi connectivity index (χ1n) is 15.2. The second-order valence-corrected chi connectivity index (χ2v) is 12.7. The first-order chi connectivity index (χ1) is 21.3. The molecule has 1 N–H and O–H groups in total. The highest BCUT2D eigenvalue weighted by molar-refractivity contribution is 7.14. The minimum atomic E-state index is -0.351. The average Bonchev–Trinajstić information content (AvgIpc) is 3.66. The van der Waals surface area contributed by atoms with Crippen LogP contribution in [0.3, 0.4) is 0 Å². The van der Waals surface area contributed by atoms with Gasteiger partial charge < -0.3 is 29.3 Å². The molecule has 0 radical (unpaired) electrons. The number of nitrogens with zero attached hydrogens (tertiary/aromatic N) is 4. The molecule has 4 heterocycles. The normalized spacial score (nSPS) is 17.6. The highest BCUT2D eigenvalue weighted by atomic mass is 32.1. The molecule has 44 heavy (non-hydrogen) atoms. The molecule has 1 aromatic heterocycles. The molecule has 0 saturated carbocycles. The van der Waals surface area contributed by atoms with Gasteiger partial charge in [0.1, 0.15) is 27.6 Å². The lowest BCUT2D eigenvalue weighted by atomic mass is 10.1. The van der Waals surface area contributed by atoms with Crippen LogP contribution in [0.15, 0.2) is 42.5 Å². The third-order valence-corrected chi connectivity index (χ3v) is 9.31. The molecule has 2 aromatic carbocycles. The van der Waals surface area contributed by atoms with Crippen LogP contribution in [0.5, 0.6) is 11.5 Å². The largest absolute Gasteiger partial charge is 0.457 e. The summed E-state index contributed by atoms with van der Waals surface area (Å²) in [5.41, 5.74) is 2.20. The summed E-state index contributed by atoms with van der Waals surface area (Å²) in [6.45, 7) is 7.28. The monoisotopic (exact) mass is 619 g/mol. The Balaban J connectivity index is 1.12. The van der Waals surface area contributed by atoms with E-state index in [0.717, 1.165) is 27.6 Å². The number of benzene rings is 2. The van der Waals surface area contributed by atoms with Gasteiger partial charge in [0.15, 0.2) is 0 Å². The third kappa shape index (κ3) is 7.02. The molecule has 3 aromatic rings. The zero-order valence-electron chi connectivity index (χ0n) is 25.0. The Morgan fingerprint density at radius 3 is 2.55 bits per heavy atom. The van der Waals surface area contributed by atoms with Crippen molar-refractivity contribution in [3.8, 4) is 22.1 Å². The number of likely N-dealkylation sites (tertiary alicyclic amines) is 2. The van der Waals surface area contributed by atoms with Crippen LogP contribution in [0.4, 0.5) is 4.79 Å². The van der Waals surface area contributed by atoms with Crippen LogP contribution in [0, 0.1) is 0 Å². The van der Waals surface area contributed by atoms with Crippen molar-refractivity contribution in [2.45, 2.75) is 64.1 Å². The van der Waals surface area contributed by atoms with E-state index < -0.39 is 0 Å². The van der Waals surface area contributed by atoms with Crippen molar-refractivity contribution in [2.75, 3.05) is 32.8 Å². The Kier molecular flexibility index (Phi) is 9.08. The smallest absolute Gasteiger partial charge is 0.410 e. The van der Waals surface area contributed by atoms with Gasteiger partial charge in [0.05, 0.1) is 19.3 Å². The zero-order chi connectivity index (χ0) is 30.6. The molecule has 0 atom stereocenters. The molecule has 3 fully saturated rings. The maximum atomic E-state index is 13.2. The van der Waals surface area contributed by atoms with E-state index in [9.17, 15) is 14.4 Å². The second-order valence-electron chi connectivity index (χ2n) is 11.7. The van der Waals surface area contributed by atoms with Crippen LogP contribution in [-0.4, -0.2) is 82.9 Å². The molecule has 6 rings (SSSR count). The van der Waals surface area contributed by atoms with Gasteiger partial charge in [-0.05, 0) is 42.8 Å².